The van der Waals surface area contributed by atoms with Gasteiger partial charge in [-0.2, -0.15) is 13.9 Å². The molecule has 3 heterocycles. The summed E-state index contributed by atoms with van der Waals surface area (Å²) in [6, 6.07) is 5.11. The monoisotopic (exact) mass is 455 g/mol. The molecule has 0 spiro atoms. The van der Waals surface area contributed by atoms with Crippen molar-refractivity contribution in [2.45, 2.75) is 45.0 Å². The summed E-state index contributed by atoms with van der Waals surface area (Å²) in [5, 5.41) is 7.72. The van der Waals surface area contributed by atoms with Crippen LogP contribution in [0.5, 0.6) is 0 Å². The van der Waals surface area contributed by atoms with Crippen molar-refractivity contribution in [2.75, 3.05) is 25.2 Å². The summed E-state index contributed by atoms with van der Waals surface area (Å²) in [5.41, 5.74) is 5.40. The number of imidazole rings is 1. The Morgan fingerprint density at radius 1 is 1.30 bits per heavy atom. The fourth-order valence-electron chi connectivity index (χ4n) is 5.54. The molecule has 2 atom stereocenters. The molecule has 0 unspecified atom stereocenters. The zero-order valence-electron chi connectivity index (χ0n) is 18.8. The Kier molecular flexibility index (Phi) is 4.46. The average Bonchev–Trinajstić information content (AvgIpc) is 3.11. The predicted octanol–water partition coefficient (Wildman–Crippen LogP) is 4.10. The Labute approximate surface area is 189 Å². The number of carbonyl (C=O) groups is 1. The quantitative estimate of drug-likeness (QED) is 0.620. The van der Waals surface area contributed by atoms with Crippen LogP contribution in [0.3, 0.4) is 0 Å². The second-order valence-electron chi connectivity index (χ2n) is 10.1. The third kappa shape index (κ3) is 3.27. The van der Waals surface area contributed by atoms with Crippen molar-refractivity contribution in [1.82, 2.24) is 20.2 Å². The molecule has 2 N–H and O–H groups in total. The lowest BCUT2D eigenvalue weighted by Crippen LogP contribution is -2.48. The number of rotatable bonds is 4. The van der Waals surface area contributed by atoms with Gasteiger partial charge in [0.1, 0.15) is 5.69 Å². The lowest BCUT2D eigenvalue weighted by molar-refractivity contribution is -0.156. The van der Waals surface area contributed by atoms with Gasteiger partial charge in [-0.25, -0.2) is 4.98 Å². The molecule has 1 amide bonds. The highest BCUT2D eigenvalue weighted by Crippen LogP contribution is 2.59. The fraction of sp³-hybridized carbons (Fsp3) is 0.542. The number of nitrogens with one attached hydrogen (secondary N) is 2. The number of hydrogen-bond donors (Lipinski definition) is 2. The number of benzene rings is 1. The Hall–Kier alpha value is -2.81. The first-order valence-electron chi connectivity index (χ1n) is 11.6. The van der Waals surface area contributed by atoms with Gasteiger partial charge in [0, 0.05) is 43.1 Å². The molecule has 6 rings (SSSR count). The Morgan fingerprint density at radius 3 is 2.88 bits per heavy atom. The third-order valence-corrected chi connectivity index (χ3v) is 7.92. The van der Waals surface area contributed by atoms with Gasteiger partial charge in [0.05, 0.1) is 11.0 Å². The summed E-state index contributed by atoms with van der Waals surface area (Å²) < 4.78 is 34.9. The van der Waals surface area contributed by atoms with Crippen LogP contribution >= 0.6 is 0 Å². The van der Waals surface area contributed by atoms with E-state index < -0.39 is 17.7 Å². The molecule has 174 valence electrons. The van der Waals surface area contributed by atoms with Crippen LogP contribution in [0.2, 0.25) is 0 Å². The van der Waals surface area contributed by atoms with Gasteiger partial charge in [0.2, 0.25) is 0 Å². The van der Waals surface area contributed by atoms with Crippen LogP contribution < -0.4 is 4.90 Å². The van der Waals surface area contributed by atoms with E-state index in [0.29, 0.717) is 28.4 Å². The second-order valence-corrected chi connectivity index (χ2v) is 10.1. The van der Waals surface area contributed by atoms with E-state index in [-0.39, 0.29) is 26.1 Å². The van der Waals surface area contributed by atoms with E-state index in [0.717, 1.165) is 29.0 Å². The molecule has 3 aliphatic rings. The molecule has 2 fully saturated rings. The first kappa shape index (κ1) is 20.8. The standard InChI is InChI=1S/C24H27F2N5O2/c1-23-11-14(23)9-16-19(12-23)29-30-20(16)21-27-17-4-3-15(10-18(17)28-21)31(2)22(32)24(25,26)13-5-7-33-8-6-13/h3-4,10,13-14H,5-9,11-12H2,1-2H3,(H,27,28)(H,29,30)/t14-,23-/m1/s1. The number of alkyl halides is 2. The van der Waals surface area contributed by atoms with Crippen LogP contribution in [0.25, 0.3) is 22.6 Å². The number of halogens is 2. The molecule has 3 aromatic rings. The predicted molar refractivity (Wildman–Crippen MR) is 119 cm³/mol. The third-order valence-electron chi connectivity index (χ3n) is 7.92. The molecule has 33 heavy (non-hydrogen) atoms. The van der Waals surface area contributed by atoms with E-state index in [2.05, 4.69) is 22.1 Å². The van der Waals surface area contributed by atoms with Gasteiger partial charge in [-0.1, -0.05) is 6.92 Å². The first-order valence-corrected chi connectivity index (χ1v) is 11.6. The summed E-state index contributed by atoms with van der Waals surface area (Å²) in [6.45, 7) is 2.85. The fourth-order valence-corrected chi connectivity index (χ4v) is 5.54. The van der Waals surface area contributed by atoms with Gasteiger partial charge >= 0.3 is 5.92 Å². The molecule has 0 radical (unpaired) electrons. The number of fused-ring (bicyclic) bond motifs is 3. The van der Waals surface area contributed by atoms with E-state index >= 15 is 0 Å². The topological polar surface area (TPSA) is 86.9 Å². The Morgan fingerprint density at radius 2 is 2.09 bits per heavy atom. The van der Waals surface area contributed by atoms with Crippen LogP contribution in [0.4, 0.5) is 14.5 Å². The minimum Gasteiger partial charge on any atom is -0.381 e. The number of aromatic nitrogens is 4. The molecule has 2 aliphatic carbocycles. The molecule has 9 heteroatoms. The maximum absolute atomic E-state index is 14.9. The second kappa shape index (κ2) is 7.09. The molecule has 1 aliphatic heterocycles. The number of ether oxygens (including phenoxy) is 1. The summed E-state index contributed by atoms with van der Waals surface area (Å²) in [6.07, 6.45) is 3.62. The minimum absolute atomic E-state index is 0.183. The van der Waals surface area contributed by atoms with Crippen LogP contribution in [0.15, 0.2) is 18.2 Å². The van der Waals surface area contributed by atoms with E-state index in [9.17, 15) is 13.6 Å². The average molecular weight is 456 g/mol. The Balaban J connectivity index is 1.27. The van der Waals surface area contributed by atoms with E-state index in [1.54, 1.807) is 18.2 Å². The number of hydrogen-bond acceptors (Lipinski definition) is 4. The van der Waals surface area contributed by atoms with Gasteiger partial charge < -0.3 is 14.6 Å². The SMILES string of the molecule is CN(C(=O)C(F)(F)C1CCOCC1)c1ccc2[nH]c(-c3n[nH]c4c3C[C@@H]3C[C@]3(C)C4)nc2c1. The van der Waals surface area contributed by atoms with E-state index in [4.69, 9.17) is 9.72 Å². The van der Waals surface area contributed by atoms with Crippen molar-refractivity contribution in [3.8, 4) is 11.5 Å². The van der Waals surface area contributed by atoms with Crippen molar-refractivity contribution < 1.29 is 18.3 Å². The van der Waals surface area contributed by atoms with Gasteiger partial charge in [-0.3, -0.25) is 9.89 Å². The molecular formula is C24H27F2N5O2. The lowest BCUT2D eigenvalue weighted by Gasteiger charge is -2.31. The number of anilines is 1. The molecule has 7 nitrogen and oxygen atoms in total. The van der Waals surface area contributed by atoms with Crippen LogP contribution in [-0.2, 0) is 22.4 Å². The molecule has 1 aromatic carbocycles. The molecule has 0 bridgehead atoms. The number of H-pyrrole nitrogens is 2. The zero-order chi connectivity index (χ0) is 23.0. The van der Waals surface area contributed by atoms with Crippen molar-refractivity contribution >= 4 is 22.6 Å². The molecule has 1 saturated carbocycles. The van der Waals surface area contributed by atoms with Crippen molar-refractivity contribution in [1.29, 1.82) is 0 Å². The normalized spacial score (nSPS) is 25.0. The van der Waals surface area contributed by atoms with E-state index in [1.165, 1.54) is 24.7 Å². The largest absolute Gasteiger partial charge is 0.381 e. The summed E-state index contributed by atoms with van der Waals surface area (Å²) in [7, 11) is 1.39. The number of nitrogens with zero attached hydrogens (tertiary/aromatic N) is 3. The summed E-state index contributed by atoms with van der Waals surface area (Å²) >= 11 is 0. The molecule has 1 saturated heterocycles. The number of amides is 1. The number of carbonyl (C=O) groups excluding carboxylic acids is 1. The van der Waals surface area contributed by atoms with Gasteiger partial charge in [0.15, 0.2) is 5.82 Å². The van der Waals surface area contributed by atoms with E-state index in [1.807, 2.05) is 0 Å². The first-order chi connectivity index (χ1) is 15.8. The zero-order valence-corrected chi connectivity index (χ0v) is 18.8. The highest BCUT2D eigenvalue weighted by atomic mass is 19.3. The van der Waals surface area contributed by atoms with Crippen LogP contribution in [-0.4, -0.2) is 52.3 Å². The molecular weight excluding hydrogens is 428 g/mol. The van der Waals surface area contributed by atoms with Gasteiger partial charge in [-0.15, -0.1) is 0 Å². The smallest absolute Gasteiger partial charge is 0.328 e. The highest BCUT2D eigenvalue weighted by Gasteiger charge is 2.53. The van der Waals surface area contributed by atoms with Crippen LogP contribution in [0.1, 0.15) is 37.4 Å². The summed E-state index contributed by atoms with van der Waals surface area (Å²) in [4.78, 5) is 21.7. The van der Waals surface area contributed by atoms with Crippen molar-refractivity contribution in [3.63, 3.8) is 0 Å². The summed E-state index contributed by atoms with van der Waals surface area (Å²) in [5.74, 6) is -4.27. The maximum Gasteiger partial charge on any atom is 0.328 e. The maximum atomic E-state index is 14.9. The van der Waals surface area contributed by atoms with Crippen molar-refractivity contribution in [2.24, 2.45) is 17.3 Å². The van der Waals surface area contributed by atoms with Gasteiger partial charge in [-0.05, 0) is 61.6 Å². The van der Waals surface area contributed by atoms with Crippen molar-refractivity contribution in [3.05, 3.63) is 29.5 Å². The number of aromatic amines is 2. The highest BCUT2D eigenvalue weighted by molar-refractivity contribution is 5.99. The molecule has 2 aromatic heterocycles. The van der Waals surface area contributed by atoms with Gasteiger partial charge in [0.25, 0.3) is 5.91 Å². The lowest BCUT2D eigenvalue weighted by atomic mass is 9.88. The van der Waals surface area contributed by atoms with Crippen LogP contribution in [0, 0.1) is 17.3 Å². The Bertz CT molecular complexity index is 1240. The minimum atomic E-state index is -3.43.